The summed E-state index contributed by atoms with van der Waals surface area (Å²) in [5.74, 6) is -1.63. The first-order valence-corrected chi connectivity index (χ1v) is 36.4. The van der Waals surface area contributed by atoms with Crippen molar-refractivity contribution in [2.24, 2.45) is 25.9 Å². The number of aromatic nitrogens is 8. The molecule has 0 amide bonds. The number of carbonyl (C=O) groups excluding carboxylic acids is 2. The number of fused-ring (bicyclic) bond motifs is 4. The molecule has 107 heavy (non-hydrogen) atoms. The van der Waals surface area contributed by atoms with E-state index in [0.29, 0.717) is 69.8 Å². The molecule has 16 rings (SSSR count). The van der Waals surface area contributed by atoms with E-state index in [1.165, 1.54) is 47.0 Å². The lowest BCUT2D eigenvalue weighted by atomic mass is 9.99. The topological polar surface area (TPSA) is 293 Å². The average Bonchev–Trinajstić information content (AvgIpc) is 1.53. The van der Waals surface area contributed by atoms with Crippen molar-refractivity contribution >= 4 is 110 Å². The number of hydrogen-bond acceptors (Lipinski definition) is 16. The van der Waals surface area contributed by atoms with Crippen molar-refractivity contribution in [3.63, 3.8) is 0 Å². The number of halogens is 6. The Hall–Kier alpha value is -11.0. The van der Waals surface area contributed by atoms with Crippen molar-refractivity contribution in [1.29, 1.82) is 0 Å². The van der Waals surface area contributed by atoms with Gasteiger partial charge in [-0.25, -0.2) is 32.3 Å². The van der Waals surface area contributed by atoms with Crippen LogP contribution < -0.4 is 22.2 Å². The number of aromatic amines is 1. The molecule has 4 aromatic heterocycles. The molecule has 0 aliphatic heterocycles. The van der Waals surface area contributed by atoms with Crippen LogP contribution in [0.3, 0.4) is 0 Å². The zero-order valence-corrected chi connectivity index (χ0v) is 61.2. The number of nitro groups is 2. The number of ether oxygens (including phenoxy) is 2. The Morgan fingerprint density at radius 2 is 1.07 bits per heavy atom. The summed E-state index contributed by atoms with van der Waals surface area (Å²) < 4.78 is 73.1. The summed E-state index contributed by atoms with van der Waals surface area (Å²) in [5.41, 5.74) is 13.5. The molecular formula is C79H78Br2F4N12O10. The maximum absolute atomic E-state index is 15.3. The van der Waals surface area contributed by atoms with E-state index in [1.807, 2.05) is 99.2 Å². The SMILES string of the molecule is C.CCOC(=O)C(Br)C1CC1.CCOC(=O)C(Nc1ccccc1[N+](=O)[O-])C1CC1.Cn1cc2c(-c3cc(F)c(CBr)c(F)c3)cccc2n1.Cn1cc2c(-c3cc(F)c(Cn4c(=O)c(C5CC5)nc5ccccc54)c(F)c3)cccc2n1.Nc1ccccc1[N+](=O)[O-].O=c1[nH]c2ccccc2nc1C1CC1. The molecule has 556 valence electrons. The fourth-order valence-electron chi connectivity index (χ4n) is 11.9. The number of hydrogen-bond donors (Lipinski definition) is 3. The van der Waals surface area contributed by atoms with Crippen molar-refractivity contribution in [3.8, 4) is 22.3 Å². The minimum Gasteiger partial charge on any atom is -0.465 e. The predicted octanol–water partition coefficient (Wildman–Crippen LogP) is 17.3. The molecule has 4 fully saturated rings. The van der Waals surface area contributed by atoms with Gasteiger partial charge in [-0.05, 0) is 172 Å². The first kappa shape index (κ1) is 78.6. The molecule has 12 aromatic rings. The van der Waals surface area contributed by atoms with Gasteiger partial charge < -0.3 is 30.1 Å². The minimum absolute atomic E-state index is 0. The van der Waals surface area contributed by atoms with Crippen LogP contribution in [0.15, 0.2) is 180 Å². The molecule has 0 saturated heterocycles. The van der Waals surface area contributed by atoms with Gasteiger partial charge in [0.05, 0.1) is 62.7 Å². The van der Waals surface area contributed by atoms with Crippen LogP contribution >= 0.6 is 31.9 Å². The molecule has 8 aromatic carbocycles. The fraction of sp³-hybridized carbons (Fsp3) is 0.291. The highest BCUT2D eigenvalue weighted by molar-refractivity contribution is 9.10. The van der Waals surface area contributed by atoms with E-state index in [-0.39, 0.29) is 87.2 Å². The number of benzene rings is 8. The first-order chi connectivity index (χ1) is 51.0. The van der Waals surface area contributed by atoms with Crippen molar-refractivity contribution in [1.82, 2.24) is 39.1 Å². The summed E-state index contributed by atoms with van der Waals surface area (Å²) in [6, 6.07) is 43.2. The number of aryl methyl sites for hydroxylation is 2. The van der Waals surface area contributed by atoms with E-state index in [1.54, 1.807) is 65.8 Å². The van der Waals surface area contributed by atoms with Gasteiger partial charge in [-0.2, -0.15) is 10.2 Å². The smallest absolute Gasteiger partial charge is 0.328 e. The molecule has 4 saturated carbocycles. The van der Waals surface area contributed by atoms with Crippen molar-refractivity contribution in [3.05, 3.63) is 257 Å². The van der Waals surface area contributed by atoms with Gasteiger partial charge in [0.2, 0.25) is 0 Å². The number of carbonyl (C=O) groups is 2. The highest BCUT2D eigenvalue weighted by atomic mass is 79.9. The maximum atomic E-state index is 15.3. The zero-order chi connectivity index (χ0) is 75.5. The highest BCUT2D eigenvalue weighted by Gasteiger charge is 2.39. The van der Waals surface area contributed by atoms with Gasteiger partial charge in [0.15, 0.2) is 0 Å². The Bertz CT molecular complexity index is 5320. The predicted molar refractivity (Wildman–Crippen MR) is 412 cm³/mol. The quantitative estimate of drug-likeness (QED) is 0.0191. The van der Waals surface area contributed by atoms with Crippen LogP contribution in [-0.4, -0.2) is 84.9 Å². The van der Waals surface area contributed by atoms with Crippen LogP contribution in [0, 0.1) is 55.3 Å². The van der Waals surface area contributed by atoms with Gasteiger partial charge in [0.25, 0.3) is 22.5 Å². The minimum atomic E-state index is -0.688. The van der Waals surface area contributed by atoms with E-state index < -0.39 is 39.2 Å². The molecular weight excluding hydrogens is 1510 g/mol. The number of nitro benzene ring substituents is 2. The standard InChI is InChI=1S/C26H20F2N4O.C15H11BrF2N2.C13H16N2O4.C11H10N2O.C7H11BrO2.C6H6N2O2.CH4/c1-31-13-18-17(5-4-7-22(18)30-31)16-11-20(27)19(21(28)12-16)14-32-24-8-3-2-6-23(24)29-25(26(32)33)15-9-10-15;1-20-8-12-10(3-2-4-15(12)19-20)9-5-13(17)11(7-16)14(18)6-9;1-2-19-13(16)12(9-7-8-9)14-10-5-3-4-6-11(10)15(17)18;14-11-10(7-5-6-7)12-8-3-1-2-4-9(8)13-11;1-2-10-7(9)6(8)5-3-4-5;7-5-3-1-2-4-6(5)8(9)10;/h2-8,11-13,15H,9-10,14H2,1H3;2-6,8H,7H2,1H3;3-6,9,12,14H,2,7-8H2,1H3;1-4,7H,5-6H2,(H,13,14);5-6H,2-4H2,1H3;1-4H,7H2;1H4. The number of nitrogen functional groups attached to an aromatic ring is 1. The van der Waals surface area contributed by atoms with Gasteiger partial charge in [-0.3, -0.25) is 44.0 Å². The zero-order valence-electron chi connectivity index (χ0n) is 58.1. The normalized spacial score (nSPS) is 14.0. The molecule has 0 spiro atoms. The third kappa shape index (κ3) is 19.6. The Labute approximate surface area is 628 Å². The van der Waals surface area contributed by atoms with Crippen molar-refractivity contribution in [2.75, 3.05) is 24.3 Å². The largest absolute Gasteiger partial charge is 0.465 e. The fourth-order valence-corrected chi connectivity index (χ4v) is 13.1. The second-order valence-electron chi connectivity index (χ2n) is 25.7. The molecule has 4 aliphatic rings. The van der Waals surface area contributed by atoms with Crippen LogP contribution in [0.4, 0.5) is 40.3 Å². The van der Waals surface area contributed by atoms with E-state index in [9.17, 15) is 48.2 Å². The highest BCUT2D eigenvalue weighted by Crippen LogP contribution is 2.41. The van der Waals surface area contributed by atoms with Crippen LogP contribution in [0.5, 0.6) is 0 Å². The molecule has 28 heteroatoms. The number of nitrogens with two attached hydrogens (primary N) is 1. The van der Waals surface area contributed by atoms with E-state index in [2.05, 4.69) is 62.3 Å². The second kappa shape index (κ2) is 35.4. The van der Waals surface area contributed by atoms with Gasteiger partial charge in [0.1, 0.15) is 56.9 Å². The van der Waals surface area contributed by atoms with Crippen LogP contribution in [-0.2, 0) is 45.0 Å². The number of nitrogens with zero attached hydrogens (tertiary/aromatic N) is 9. The number of rotatable bonds is 17. The Kier molecular flexibility index (Phi) is 26.0. The van der Waals surface area contributed by atoms with E-state index in [4.69, 9.17) is 15.2 Å². The Morgan fingerprint density at radius 3 is 1.59 bits per heavy atom. The summed E-state index contributed by atoms with van der Waals surface area (Å²) >= 11 is 6.39. The van der Waals surface area contributed by atoms with Gasteiger partial charge in [-0.15, -0.1) is 0 Å². The van der Waals surface area contributed by atoms with Crippen LogP contribution in [0.1, 0.15) is 107 Å². The number of para-hydroxylation sites is 8. The molecule has 2 atom stereocenters. The Balaban J connectivity index is 0.000000145. The number of H-pyrrole nitrogens is 1. The lowest BCUT2D eigenvalue weighted by Crippen LogP contribution is -2.33. The van der Waals surface area contributed by atoms with E-state index in [0.717, 1.165) is 89.8 Å². The monoisotopic (exact) mass is 1590 g/mol. The lowest BCUT2D eigenvalue weighted by Gasteiger charge is -2.17. The molecule has 0 bridgehead atoms. The number of alkyl halides is 2. The molecule has 2 unspecified atom stereocenters. The average molecular weight is 1590 g/mol. The molecule has 4 heterocycles. The summed E-state index contributed by atoms with van der Waals surface area (Å²) in [6.45, 7) is 4.15. The number of esters is 2. The van der Waals surface area contributed by atoms with Crippen molar-refractivity contribution in [2.45, 2.75) is 107 Å². The Morgan fingerprint density at radius 1 is 0.607 bits per heavy atom. The van der Waals surface area contributed by atoms with Gasteiger partial charge >= 0.3 is 11.9 Å². The molecule has 4 N–H and O–H groups in total. The van der Waals surface area contributed by atoms with Crippen LogP contribution in [0.25, 0.3) is 66.1 Å². The lowest BCUT2D eigenvalue weighted by molar-refractivity contribution is -0.384. The summed E-state index contributed by atoms with van der Waals surface area (Å²) in [4.78, 5) is 79.4. The van der Waals surface area contributed by atoms with E-state index >= 15 is 8.78 Å². The van der Waals surface area contributed by atoms with Gasteiger partial charge in [0, 0.05) is 77.7 Å². The summed E-state index contributed by atoms with van der Waals surface area (Å²) in [5, 5.41) is 34.6. The third-order valence-corrected chi connectivity index (χ3v) is 19.5. The molecule has 4 aliphatic carbocycles. The van der Waals surface area contributed by atoms with Gasteiger partial charge in [-0.1, -0.05) is 112 Å². The summed E-state index contributed by atoms with van der Waals surface area (Å²) in [7, 11) is 3.62. The summed E-state index contributed by atoms with van der Waals surface area (Å²) in [6.07, 6.45) is 11.9. The van der Waals surface area contributed by atoms with Crippen molar-refractivity contribution < 1.29 is 46.5 Å². The first-order valence-electron chi connectivity index (χ1n) is 34.4. The molecule has 0 radical (unpaired) electrons. The number of nitrogens with one attached hydrogen (secondary N) is 2. The molecule has 22 nitrogen and oxygen atoms in total. The maximum Gasteiger partial charge on any atom is 0.328 e. The van der Waals surface area contributed by atoms with Crippen LogP contribution in [0.2, 0.25) is 0 Å². The second-order valence-corrected chi connectivity index (χ2v) is 27.3. The third-order valence-electron chi connectivity index (χ3n) is 17.8. The number of anilines is 2.